The van der Waals surface area contributed by atoms with Crippen LogP contribution in [-0.4, -0.2) is 22.2 Å². The number of amides is 1. The maximum Gasteiger partial charge on any atom is 0.316 e. The molecular formula is C12H15NO3S. The molecule has 0 fully saturated rings. The Labute approximate surface area is 104 Å². The molecule has 0 heterocycles. The third kappa shape index (κ3) is 4.11. The number of carboxylic acids is 1. The molecule has 4 nitrogen and oxygen atoms in total. The first-order valence-electron chi connectivity index (χ1n) is 5.30. The van der Waals surface area contributed by atoms with Crippen molar-refractivity contribution in [3.8, 4) is 0 Å². The molecule has 0 radical (unpaired) electrons. The van der Waals surface area contributed by atoms with Crippen molar-refractivity contribution in [3.05, 3.63) is 24.3 Å². The second kappa shape index (κ2) is 6.30. The van der Waals surface area contributed by atoms with Crippen LogP contribution in [0.1, 0.15) is 20.3 Å². The van der Waals surface area contributed by atoms with Crippen LogP contribution >= 0.6 is 11.8 Å². The van der Waals surface area contributed by atoms with E-state index in [0.717, 1.165) is 4.90 Å². The molecule has 2 N–H and O–H groups in total. The van der Waals surface area contributed by atoms with Gasteiger partial charge in [0.2, 0.25) is 5.91 Å². The lowest BCUT2D eigenvalue weighted by molar-refractivity contribution is -0.136. The van der Waals surface area contributed by atoms with Crippen molar-refractivity contribution in [3.63, 3.8) is 0 Å². The topological polar surface area (TPSA) is 66.4 Å². The number of hydrogen-bond donors (Lipinski definition) is 2. The van der Waals surface area contributed by atoms with E-state index in [1.807, 2.05) is 19.1 Å². The Hall–Kier alpha value is -1.49. The zero-order valence-corrected chi connectivity index (χ0v) is 10.6. The van der Waals surface area contributed by atoms with E-state index in [1.54, 1.807) is 12.1 Å². The van der Waals surface area contributed by atoms with Crippen molar-refractivity contribution in [2.45, 2.75) is 30.4 Å². The van der Waals surface area contributed by atoms with Crippen molar-refractivity contribution in [1.29, 1.82) is 0 Å². The van der Waals surface area contributed by atoms with Gasteiger partial charge in [-0.25, -0.2) is 0 Å². The van der Waals surface area contributed by atoms with Crippen LogP contribution < -0.4 is 5.32 Å². The average molecular weight is 253 g/mol. The van der Waals surface area contributed by atoms with Crippen molar-refractivity contribution < 1.29 is 14.7 Å². The molecule has 0 saturated heterocycles. The Morgan fingerprint density at radius 3 is 2.59 bits per heavy atom. The van der Waals surface area contributed by atoms with E-state index >= 15 is 0 Å². The molecule has 1 rings (SSSR count). The lowest BCUT2D eigenvalue weighted by Crippen LogP contribution is -2.15. The van der Waals surface area contributed by atoms with Crippen LogP contribution in [0, 0.1) is 0 Å². The summed E-state index contributed by atoms with van der Waals surface area (Å²) >= 11 is 1.25. The minimum atomic E-state index is -0.838. The van der Waals surface area contributed by atoms with E-state index in [-0.39, 0.29) is 5.91 Å². The summed E-state index contributed by atoms with van der Waals surface area (Å²) in [7, 11) is 0. The number of nitrogens with one attached hydrogen (secondary N) is 1. The Bertz CT molecular complexity index is 420. The summed E-state index contributed by atoms with van der Waals surface area (Å²) in [6, 6.07) is 7.19. The second-order valence-corrected chi connectivity index (χ2v) is 4.77. The number of carbonyl (C=O) groups excluding carboxylic acids is 1. The molecule has 17 heavy (non-hydrogen) atoms. The number of hydrogen-bond acceptors (Lipinski definition) is 3. The fourth-order valence-corrected chi connectivity index (χ4v) is 2.30. The summed E-state index contributed by atoms with van der Waals surface area (Å²) in [5, 5.41) is 11.2. The largest absolute Gasteiger partial charge is 0.480 e. The zero-order valence-electron chi connectivity index (χ0n) is 9.77. The summed E-state index contributed by atoms with van der Waals surface area (Å²) in [6.45, 7) is 3.25. The van der Waals surface area contributed by atoms with Crippen LogP contribution in [0.4, 0.5) is 5.69 Å². The molecule has 0 bridgehead atoms. The molecule has 0 aliphatic carbocycles. The van der Waals surface area contributed by atoms with Gasteiger partial charge in [-0.2, -0.15) is 0 Å². The van der Waals surface area contributed by atoms with Gasteiger partial charge in [-0.15, -0.1) is 11.8 Å². The number of aliphatic carboxylic acids is 1. The lowest BCUT2D eigenvalue weighted by atomic mass is 10.3. The third-order valence-electron chi connectivity index (χ3n) is 2.11. The summed E-state index contributed by atoms with van der Waals surface area (Å²) in [6.07, 6.45) is 0.536. The Kier molecular flexibility index (Phi) is 5.03. The fourth-order valence-electron chi connectivity index (χ4n) is 1.32. The minimum Gasteiger partial charge on any atom is -0.480 e. The summed E-state index contributed by atoms with van der Waals surface area (Å²) < 4.78 is 0. The smallest absolute Gasteiger partial charge is 0.316 e. The van der Waals surface area contributed by atoms with Crippen LogP contribution in [0.3, 0.4) is 0 Å². The van der Waals surface area contributed by atoms with Gasteiger partial charge in [-0.3, -0.25) is 9.59 Å². The highest BCUT2D eigenvalue weighted by atomic mass is 32.2. The highest BCUT2D eigenvalue weighted by Crippen LogP contribution is 2.31. The maximum atomic E-state index is 11.0. The van der Waals surface area contributed by atoms with Crippen molar-refractivity contribution >= 4 is 29.3 Å². The molecule has 1 amide bonds. The molecule has 1 unspecified atom stereocenters. The van der Waals surface area contributed by atoms with E-state index in [2.05, 4.69) is 5.32 Å². The third-order valence-corrected chi connectivity index (χ3v) is 3.54. The summed E-state index contributed by atoms with van der Waals surface area (Å²) in [4.78, 5) is 22.8. The van der Waals surface area contributed by atoms with Gasteiger partial charge in [0.25, 0.3) is 0 Å². The van der Waals surface area contributed by atoms with Gasteiger partial charge in [0.1, 0.15) is 5.25 Å². The van der Waals surface area contributed by atoms with Crippen molar-refractivity contribution in [2.75, 3.05) is 5.32 Å². The molecule has 0 saturated carbocycles. The van der Waals surface area contributed by atoms with Crippen molar-refractivity contribution in [1.82, 2.24) is 0 Å². The molecule has 0 aliphatic rings. The van der Waals surface area contributed by atoms with Crippen LogP contribution in [0.15, 0.2) is 29.2 Å². The predicted molar refractivity (Wildman–Crippen MR) is 68.3 cm³/mol. The summed E-state index contributed by atoms with van der Waals surface area (Å²) in [5.74, 6) is -1.00. The first-order valence-corrected chi connectivity index (χ1v) is 6.18. The molecule has 5 heteroatoms. The van der Waals surface area contributed by atoms with Gasteiger partial charge < -0.3 is 10.4 Å². The fraction of sp³-hybridized carbons (Fsp3) is 0.333. The molecule has 92 valence electrons. The quantitative estimate of drug-likeness (QED) is 0.792. The van der Waals surface area contributed by atoms with Gasteiger partial charge >= 0.3 is 5.97 Å². The first kappa shape index (κ1) is 13.6. The van der Waals surface area contributed by atoms with Gasteiger partial charge in [0.05, 0.1) is 5.69 Å². The molecule has 1 aromatic rings. The first-order chi connectivity index (χ1) is 8.04. The number of rotatable bonds is 5. The molecule has 0 spiro atoms. The van der Waals surface area contributed by atoms with E-state index in [4.69, 9.17) is 5.11 Å². The molecule has 1 atom stereocenters. The predicted octanol–water partition coefficient (Wildman–Crippen LogP) is 2.60. The lowest BCUT2D eigenvalue weighted by Gasteiger charge is -2.13. The molecule has 0 aliphatic heterocycles. The Morgan fingerprint density at radius 2 is 2.06 bits per heavy atom. The number of benzene rings is 1. The van der Waals surface area contributed by atoms with E-state index < -0.39 is 11.2 Å². The number of carboxylic acid groups (broad SMARTS) is 1. The van der Waals surface area contributed by atoms with Crippen LogP contribution in [0.25, 0.3) is 0 Å². The van der Waals surface area contributed by atoms with Crippen LogP contribution in [0.2, 0.25) is 0 Å². The van der Waals surface area contributed by atoms with Gasteiger partial charge in [0.15, 0.2) is 0 Å². The highest BCUT2D eigenvalue weighted by molar-refractivity contribution is 8.00. The van der Waals surface area contributed by atoms with Gasteiger partial charge in [-0.05, 0) is 18.6 Å². The zero-order chi connectivity index (χ0) is 12.8. The molecular weight excluding hydrogens is 238 g/mol. The maximum absolute atomic E-state index is 11.0. The van der Waals surface area contributed by atoms with E-state index in [9.17, 15) is 9.59 Å². The van der Waals surface area contributed by atoms with E-state index in [0.29, 0.717) is 12.1 Å². The standard InChI is InChI=1S/C12H15NO3S/c1-3-10(12(15)16)17-11-7-5-4-6-9(11)13-8(2)14/h4-7,10H,3H2,1-2H3,(H,13,14)(H,15,16). The minimum absolute atomic E-state index is 0.165. The van der Waals surface area contributed by atoms with Gasteiger partial charge in [-0.1, -0.05) is 19.1 Å². The Balaban J connectivity index is 2.89. The van der Waals surface area contributed by atoms with Crippen LogP contribution in [0.5, 0.6) is 0 Å². The number of anilines is 1. The normalized spacial score (nSPS) is 11.9. The highest BCUT2D eigenvalue weighted by Gasteiger charge is 2.18. The number of thioether (sulfide) groups is 1. The number of carbonyl (C=O) groups is 2. The van der Waals surface area contributed by atoms with E-state index in [1.165, 1.54) is 18.7 Å². The van der Waals surface area contributed by atoms with Crippen molar-refractivity contribution in [2.24, 2.45) is 0 Å². The Morgan fingerprint density at radius 1 is 1.41 bits per heavy atom. The summed E-state index contributed by atoms with van der Waals surface area (Å²) in [5.41, 5.74) is 0.657. The monoisotopic (exact) mass is 253 g/mol. The molecule has 1 aromatic carbocycles. The SMILES string of the molecule is CCC(Sc1ccccc1NC(C)=O)C(=O)O. The number of para-hydroxylation sites is 1. The van der Waals surface area contributed by atoms with Crippen LogP contribution in [-0.2, 0) is 9.59 Å². The average Bonchev–Trinajstić information content (AvgIpc) is 2.26. The second-order valence-electron chi connectivity index (χ2n) is 3.53. The molecule has 0 aromatic heterocycles. The van der Waals surface area contributed by atoms with Gasteiger partial charge in [0, 0.05) is 11.8 Å².